The highest BCUT2D eigenvalue weighted by atomic mass is 14.9. The molecule has 0 bridgehead atoms. The van der Waals surface area contributed by atoms with Gasteiger partial charge in [0.2, 0.25) is 0 Å². The van der Waals surface area contributed by atoms with Crippen molar-refractivity contribution in [2.75, 3.05) is 26.2 Å². The van der Waals surface area contributed by atoms with Crippen LogP contribution < -0.4 is 22.1 Å². The van der Waals surface area contributed by atoms with E-state index < -0.39 is 0 Å². The van der Waals surface area contributed by atoms with Crippen molar-refractivity contribution in [1.82, 2.24) is 10.6 Å². The molecule has 0 amide bonds. The minimum absolute atomic E-state index is 0.745. The van der Waals surface area contributed by atoms with Crippen LogP contribution in [0.3, 0.4) is 0 Å². The molecule has 0 unspecified atom stereocenters. The van der Waals surface area contributed by atoms with Gasteiger partial charge in [-0.25, -0.2) is 0 Å². The summed E-state index contributed by atoms with van der Waals surface area (Å²) < 4.78 is 0. The van der Waals surface area contributed by atoms with Gasteiger partial charge < -0.3 is 22.1 Å². The van der Waals surface area contributed by atoms with Crippen molar-refractivity contribution in [3.05, 3.63) is 33.9 Å². The Balaban J connectivity index is 0.00000232. The molecule has 1 aromatic carbocycles. The van der Waals surface area contributed by atoms with Crippen LogP contribution in [0.4, 0.5) is 0 Å². The molecule has 23 heavy (non-hydrogen) atoms. The molecule has 0 fully saturated rings. The molecule has 1 aromatic rings. The Morgan fingerprint density at radius 3 is 1.52 bits per heavy atom. The van der Waals surface area contributed by atoms with E-state index in [1.165, 1.54) is 27.8 Å². The molecule has 134 valence electrons. The smallest absolute Gasteiger partial charge is 0.0210 e. The summed E-state index contributed by atoms with van der Waals surface area (Å²) in [6.45, 7) is 15.9. The molecule has 4 nitrogen and oxygen atoms in total. The largest absolute Gasteiger partial charge is 0.330 e. The molecule has 0 aliphatic carbocycles. The standard InChI is InChI=1S/C17H32N4.C2H6/c1-13-10-14(2)17(12-21-9-5-7-19)15(3)16(13)11-20-8-4-6-18;1-2/h10,20-21H,4-9,11-12,18-19H2,1-3H3;1-2H3. The Kier molecular flexibility index (Phi) is 12.9. The lowest BCUT2D eigenvalue weighted by molar-refractivity contribution is 0.640. The van der Waals surface area contributed by atoms with Gasteiger partial charge in [0.25, 0.3) is 0 Å². The Hall–Kier alpha value is -0.940. The van der Waals surface area contributed by atoms with Crippen molar-refractivity contribution in [3.63, 3.8) is 0 Å². The molecular formula is C19H38N4. The molecule has 0 aliphatic rings. The van der Waals surface area contributed by atoms with E-state index in [-0.39, 0.29) is 0 Å². The molecule has 0 aliphatic heterocycles. The summed E-state index contributed by atoms with van der Waals surface area (Å²) in [6, 6.07) is 2.30. The highest BCUT2D eigenvalue weighted by Gasteiger charge is 2.10. The average molecular weight is 323 g/mol. The van der Waals surface area contributed by atoms with Gasteiger partial charge in [-0.2, -0.15) is 0 Å². The number of nitrogens with two attached hydrogens (primary N) is 2. The van der Waals surface area contributed by atoms with E-state index >= 15 is 0 Å². The minimum atomic E-state index is 0.745. The van der Waals surface area contributed by atoms with Gasteiger partial charge in [0.15, 0.2) is 0 Å². The van der Waals surface area contributed by atoms with Crippen LogP contribution in [0.15, 0.2) is 6.07 Å². The van der Waals surface area contributed by atoms with E-state index in [1.54, 1.807) is 0 Å². The first kappa shape index (κ1) is 22.1. The molecule has 4 heteroatoms. The van der Waals surface area contributed by atoms with Crippen molar-refractivity contribution >= 4 is 0 Å². The summed E-state index contributed by atoms with van der Waals surface area (Å²) >= 11 is 0. The van der Waals surface area contributed by atoms with Crippen LogP contribution in [0.5, 0.6) is 0 Å². The second-order valence-electron chi connectivity index (χ2n) is 5.73. The van der Waals surface area contributed by atoms with Crippen LogP contribution in [0, 0.1) is 20.8 Å². The lowest BCUT2D eigenvalue weighted by Crippen LogP contribution is -2.21. The molecule has 1 rings (SSSR count). The van der Waals surface area contributed by atoms with Gasteiger partial charge in [-0.15, -0.1) is 0 Å². The van der Waals surface area contributed by atoms with Crippen LogP contribution in [0.2, 0.25) is 0 Å². The summed E-state index contributed by atoms with van der Waals surface area (Å²) in [6.07, 6.45) is 2.05. The fourth-order valence-electron chi connectivity index (χ4n) is 2.70. The Bertz CT molecular complexity index is 394. The first-order valence-corrected chi connectivity index (χ1v) is 9.02. The quantitative estimate of drug-likeness (QED) is 0.499. The second kappa shape index (κ2) is 13.5. The van der Waals surface area contributed by atoms with Gasteiger partial charge in [0.05, 0.1) is 0 Å². The monoisotopic (exact) mass is 322 g/mol. The van der Waals surface area contributed by atoms with E-state index in [0.29, 0.717) is 0 Å². The highest BCUT2D eigenvalue weighted by Crippen LogP contribution is 2.22. The van der Waals surface area contributed by atoms with Gasteiger partial charge in [0, 0.05) is 13.1 Å². The summed E-state index contributed by atoms with van der Waals surface area (Å²) in [5.74, 6) is 0. The predicted octanol–water partition coefficient (Wildman–Crippen LogP) is 2.51. The van der Waals surface area contributed by atoms with Gasteiger partial charge in [-0.05, 0) is 87.6 Å². The lowest BCUT2D eigenvalue weighted by Gasteiger charge is -2.18. The lowest BCUT2D eigenvalue weighted by atomic mass is 9.93. The maximum absolute atomic E-state index is 5.53. The van der Waals surface area contributed by atoms with E-state index in [4.69, 9.17) is 11.5 Å². The number of rotatable bonds is 10. The number of nitrogens with one attached hydrogen (secondary N) is 2. The van der Waals surface area contributed by atoms with Crippen molar-refractivity contribution < 1.29 is 0 Å². The molecule has 0 spiro atoms. The Morgan fingerprint density at radius 2 is 1.17 bits per heavy atom. The molecule has 0 heterocycles. The maximum Gasteiger partial charge on any atom is 0.0210 e. The van der Waals surface area contributed by atoms with Crippen LogP contribution in [-0.4, -0.2) is 26.2 Å². The van der Waals surface area contributed by atoms with Gasteiger partial charge in [0.1, 0.15) is 0 Å². The van der Waals surface area contributed by atoms with Crippen LogP contribution in [0.25, 0.3) is 0 Å². The normalized spacial score (nSPS) is 10.4. The third-order valence-corrected chi connectivity index (χ3v) is 4.01. The molecule has 0 radical (unpaired) electrons. The zero-order valence-corrected chi connectivity index (χ0v) is 15.9. The van der Waals surface area contributed by atoms with E-state index in [1.807, 2.05) is 13.8 Å². The zero-order chi connectivity index (χ0) is 17.7. The predicted molar refractivity (Wildman–Crippen MR) is 103 cm³/mol. The Morgan fingerprint density at radius 1 is 0.783 bits per heavy atom. The topological polar surface area (TPSA) is 76.1 Å². The number of hydrogen-bond donors (Lipinski definition) is 4. The van der Waals surface area contributed by atoms with Crippen molar-refractivity contribution in [2.24, 2.45) is 11.5 Å². The van der Waals surface area contributed by atoms with Crippen LogP contribution in [0.1, 0.15) is 54.5 Å². The van der Waals surface area contributed by atoms with Gasteiger partial charge in [-0.3, -0.25) is 0 Å². The summed E-state index contributed by atoms with van der Waals surface area (Å²) in [7, 11) is 0. The molecule has 0 aromatic heterocycles. The first-order chi connectivity index (χ1) is 11.1. The summed E-state index contributed by atoms with van der Waals surface area (Å²) in [4.78, 5) is 0. The number of hydrogen-bond acceptors (Lipinski definition) is 4. The SMILES string of the molecule is CC.Cc1cc(C)c(CNCCCN)c(C)c1CNCCCN. The van der Waals surface area contributed by atoms with Crippen molar-refractivity contribution in [1.29, 1.82) is 0 Å². The number of benzene rings is 1. The third-order valence-electron chi connectivity index (χ3n) is 4.01. The fraction of sp³-hybridized carbons (Fsp3) is 0.684. The average Bonchev–Trinajstić information content (AvgIpc) is 2.55. The minimum Gasteiger partial charge on any atom is -0.330 e. The summed E-state index contributed by atoms with van der Waals surface area (Å²) in [5, 5.41) is 6.98. The molecule has 0 atom stereocenters. The molecular weight excluding hydrogens is 284 g/mol. The van der Waals surface area contributed by atoms with Crippen LogP contribution in [-0.2, 0) is 13.1 Å². The van der Waals surface area contributed by atoms with Crippen molar-refractivity contribution in [3.8, 4) is 0 Å². The van der Waals surface area contributed by atoms with Crippen LogP contribution >= 0.6 is 0 Å². The van der Waals surface area contributed by atoms with E-state index in [0.717, 1.165) is 52.1 Å². The fourth-order valence-corrected chi connectivity index (χ4v) is 2.70. The van der Waals surface area contributed by atoms with E-state index in [2.05, 4.69) is 37.5 Å². The third kappa shape index (κ3) is 7.93. The maximum atomic E-state index is 5.53. The molecule has 0 saturated heterocycles. The zero-order valence-electron chi connectivity index (χ0n) is 15.9. The van der Waals surface area contributed by atoms with Gasteiger partial charge in [-0.1, -0.05) is 19.9 Å². The van der Waals surface area contributed by atoms with E-state index in [9.17, 15) is 0 Å². The number of aryl methyl sites for hydroxylation is 2. The summed E-state index contributed by atoms with van der Waals surface area (Å²) in [5.41, 5.74) is 18.1. The Labute approximate surface area is 143 Å². The molecule has 0 saturated carbocycles. The van der Waals surface area contributed by atoms with Gasteiger partial charge >= 0.3 is 0 Å². The highest BCUT2D eigenvalue weighted by molar-refractivity contribution is 5.44. The first-order valence-electron chi connectivity index (χ1n) is 9.02. The van der Waals surface area contributed by atoms with Crippen molar-refractivity contribution in [2.45, 2.75) is 60.5 Å². The molecule has 6 N–H and O–H groups in total. The second-order valence-corrected chi connectivity index (χ2v) is 5.73.